The van der Waals surface area contributed by atoms with E-state index >= 15 is 0 Å². The summed E-state index contributed by atoms with van der Waals surface area (Å²) < 4.78 is 9.55. The van der Waals surface area contributed by atoms with Crippen LogP contribution in [0.2, 0.25) is 0 Å². The van der Waals surface area contributed by atoms with Crippen molar-refractivity contribution in [3.8, 4) is 17.1 Å². The van der Waals surface area contributed by atoms with Crippen molar-refractivity contribution in [2.75, 3.05) is 6.61 Å². The quantitative estimate of drug-likeness (QED) is 0.578. The average Bonchev–Trinajstić information content (AvgIpc) is 3.12. The molecule has 0 bridgehead atoms. The van der Waals surface area contributed by atoms with Crippen LogP contribution >= 0.6 is 12.2 Å². The molecule has 1 N–H and O–H groups in total. The van der Waals surface area contributed by atoms with Gasteiger partial charge in [-0.2, -0.15) is 14.9 Å². The first-order chi connectivity index (χ1) is 11.2. The topological polar surface area (TPSA) is 60.1 Å². The molecule has 0 unspecified atom stereocenters. The van der Waals surface area contributed by atoms with Crippen LogP contribution in [-0.4, -0.2) is 32.3 Å². The second kappa shape index (κ2) is 6.62. The van der Waals surface area contributed by atoms with Crippen molar-refractivity contribution in [3.63, 3.8) is 0 Å². The van der Waals surface area contributed by atoms with Crippen molar-refractivity contribution in [2.45, 2.75) is 6.92 Å². The summed E-state index contributed by atoms with van der Waals surface area (Å²) in [7, 11) is 1.96. The molecule has 0 fully saturated rings. The first-order valence-corrected chi connectivity index (χ1v) is 7.66. The van der Waals surface area contributed by atoms with Gasteiger partial charge < -0.3 is 9.30 Å². The van der Waals surface area contributed by atoms with Gasteiger partial charge in [-0.05, 0) is 43.4 Å². The lowest BCUT2D eigenvalue weighted by Crippen LogP contribution is -1.98. The van der Waals surface area contributed by atoms with E-state index in [4.69, 9.17) is 17.0 Å². The maximum atomic E-state index is 5.53. The van der Waals surface area contributed by atoms with Crippen molar-refractivity contribution in [2.24, 2.45) is 12.1 Å². The molecule has 0 atom stereocenters. The summed E-state index contributed by atoms with van der Waals surface area (Å²) in [5, 5.41) is 11.5. The van der Waals surface area contributed by atoms with Crippen LogP contribution in [0.25, 0.3) is 11.4 Å². The molecule has 0 spiro atoms. The number of benzene rings is 1. The predicted molar refractivity (Wildman–Crippen MR) is 92.4 cm³/mol. The van der Waals surface area contributed by atoms with Gasteiger partial charge in [0.25, 0.3) is 0 Å². The third-order valence-corrected chi connectivity index (χ3v) is 3.61. The van der Waals surface area contributed by atoms with Gasteiger partial charge in [-0.3, -0.25) is 0 Å². The number of aryl methyl sites for hydroxylation is 1. The Kier molecular flexibility index (Phi) is 4.38. The highest BCUT2D eigenvalue weighted by molar-refractivity contribution is 7.71. The number of hydrogen-bond donors (Lipinski definition) is 1. The van der Waals surface area contributed by atoms with Crippen molar-refractivity contribution >= 4 is 18.4 Å². The van der Waals surface area contributed by atoms with Gasteiger partial charge in [0.1, 0.15) is 5.75 Å². The highest BCUT2D eigenvalue weighted by Crippen LogP contribution is 2.22. The third kappa shape index (κ3) is 3.24. The second-order valence-corrected chi connectivity index (χ2v) is 5.30. The van der Waals surface area contributed by atoms with Crippen molar-refractivity contribution in [1.29, 1.82) is 0 Å². The van der Waals surface area contributed by atoms with Crippen molar-refractivity contribution in [1.82, 2.24) is 19.4 Å². The molecule has 3 aromatic rings. The molecule has 0 radical (unpaired) electrons. The first kappa shape index (κ1) is 15.2. The molecule has 3 rings (SSSR count). The Balaban J connectivity index is 1.99. The highest BCUT2D eigenvalue weighted by Gasteiger charge is 2.09. The Morgan fingerprint density at radius 3 is 2.96 bits per heavy atom. The molecular weight excluding hydrogens is 310 g/mol. The Morgan fingerprint density at radius 1 is 1.35 bits per heavy atom. The van der Waals surface area contributed by atoms with E-state index in [1.807, 2.05) is 61.1 Å². The summed E-state index contributed by atoms with van der Waals surface area (Å²) >= 11 is 5.28. The SMILES string of the molecule is CCOc1cccc(-c2n[nH]c(=S)n2/N=C/c2cccn2C)c1. The molecule has 0 aliphatic carbocycles. The van der Waals surface area contributed by atoms with E-state index in [1.165, 1.54) is 0 Å². The van der Waals surface area contributed by atoms with Crippen LogP contribution in [-0.2, 0) is 7.05 Å². The van der Waals surface area contributed by atoms with Crippen molar-refractivity contribution in [3.05, 3.63) is 53.1 Å². The molecule has 1 aromatic carbocycles. The van der Waals surface area contributed by atoms with Crippen LogP contribution in [0.1, 0.15) is 12.6 Å². The summed E-state index contributed by atoms with van der Waals surface area (Å²) in [4.78, 5) is 0. The Hall–Kier alpha value is -2.67. The van der Waals surface area contributed by atoms with Crippen molar-refractivity contribution < 1.29 is 4.74 Å². The van der Waals surface area contributed by atoms with E-state index < -0.39 is 0 Å². The molecule has 2 heterocycles. The zero-order valence-corrected chi connectivity index (χ0v) is 13.7. The van der Waals surface area contributed by atoms with Gasteiger partial charge in [0.2, 0.25) is 4.77 Å². The van der Waals surface area contributed by atoms with Crippen LogP contribution in [0.5, 0.6) is 5.75 Å². The number of ether oxygens (including phenoxy) is 1. The average molecular weight is 327 g/mol. The fraction of sp³-hybridized carbons (Fsp3) is 0.188. The molecule has 0 amide bonds. The molecule has 23 heavy (non-hydrogen) atoms. The summed E-state index contributed by atoms with van der Waals surface area (Å²) in [6.07, 6.45) is 3.71. The maximum Gasteiger partial charge on any atom is 0.216 e. The number of hydrogen-bond acceptors (Lipinski definition) is 4. The van der Waals surface area contributed by atoms with E-state index in [2.05, 4.69) is 15.3 Å². The third-order valence-electron chi connectivity index (χ3n) is 3.34. The maximum absolute atomic E-state index is 5.53. The van der Waals surface area contributed by atoms with E-state index in [9.17, 15) is 0 Å². The number of nitrogens with zero attached hydrogens (tertiary/aromatic N) is 4. The van der Waals surface area contributed by atoms with Crippen LogP contribution in [0.3, 0.4) is 0 Å². The van der Waals surface area contributed by atoms with Gasteiger partial charge in [-0.25, -0.2) is 5.10 Å². The van der Waals surface area contributed by atoms with Crippen LogP contribution in [0, 0.1) is 4.77 Å². The zero-order valence-electron chi connectivity index (χ0n) is 12.9. The molecule has 0 aliphatic rings. The minimum atomic E-state index is 0.437. The normalized spacial score (nSPS) is 11.2. The van der Waals surface area contributed by atoms with E-state index in [0.29, 0.717) is 17.2 Å². The van der Waals surface area contributed by atoms with E-state index in [0.717, 1.165) is 17.0 Å². The minimum Gasteiger partial charge on any atom is -0.494 e. The number of rotatable bonds is 5. The summed E-state index contributed by atoms with van der Waals surface area (Å²) in [5.41, 5.74) is 1.86. The summed E-state index contributed by atoms with van der Waals surface area (Å²) in [5.74, 6) is 1.43. The smallest absolute Gasteiger partial charge is 0.216 e. The van der Waals surface area contributed by atoms with Gasteiger partial charge in [0.05, 0.1) is 18.5 Å². The molecular formula is C16H17N5OS. The largest absolute Gasteiger partial charge is 0.494 e. The first-order valence-electron chi connectivity index (χ1n) is 7.25. The summed E-state index contributed by atoms with van der Waals surface area (Å²) in [6.45, 7) is 2.56. The van der Waals surface area contributed by atoms with Gasteiger partial charge in [-0.15, -0.1) is 0 Å². The van der Waals surface area contributed by atoms with E-state index in [1.54, 1.807) is 10.9 Å². The molecule has 0 aliphatic heterocycles. The molecule has 7 heteroatoms. The fourth-order valence-corrected chi connectivity index (χ4v) is 2.38. The lowest BCUT2D eigenvalue weighted by molar-refractivity contribution is 0.340. The Bertz CT molecular complexity index is 890. The standard InChI is InChI=1S/C16H17N5OS/c1-3-22-14-8-4-6-12(10-14)15-18-19-16(23)21(15)17-11-13-7-5-9-20(13)2/h4-11H,3H2,1-2H3,(H,19,23)/b17-11+. The predicted octanol–water partition coefficient (Wildman–Crippen LogP) is 3.23. The molecule has 0 saturated heterocycles. The van der Waals surface area contributed by atoms with Crippen LogP contribution in [0.4, 0.5) is 0 Å². The van der Waals surface area contributed by atoms with Crippen LogP contribution < -0.4 is 4.74 Å². The van der Waals surface area contributed by atoms with Gasteiger partial charge in [0.15, 0.2) is 5.82 Å². The van der Waals surface area contributed by atoms with Gasteiger partial charge in [0, 0.05) is 18.8 Å². The molecule has 6 nitrogen and oxygen atoms in total. The Labute approximate surface area is 139 Å². The minimum absolute atomic E-state index is 0.437. The number of aromatic amines is 1. The van der Waals surface area contributed by atoms with Gasteiger partial charge >= 0.3 is 0 Å². The van der Waals surface area contributed by atoms with E-state index in [-0.39, 0.29) is 0 Å². The zero-order chi connectivity index (χ0) is 16.2. The number of aromatic nitrogens is 4. The number of H-pyrrole nitrogens is 1. The highest BCUT2D eigenvalue weighted by atomic mass is 32.1. The monoisotopic (exact) mass is 327 g/mol. The van der Waals surface area contributed by atoms with Gasteiger partial charge in [-0.1, -0.05) is 12.1 Å². The fourth-order valence-electron chi connectivity index (χ4n) is 2.20. The lowest BCUT2D eigenvalue weighted by atomic mass is 10.2. The number of nitrogens with one attached hydrogen (secondary N) is 1. The summed E-state index contributed by atoms with van der Waals surface area (Å²) in [6, 6.07) is 11.6. The molecule has 118 valence electrons. The second-order valence-electron chi connectivity index (χ2n) is 4.91. The molecule has 0 saturated carbocycles. The van der Waals surface area contributed by atoms with Crippen LogP contribution in [0.15, 0.2) is 47.7 Å². The Morgan fingerprint density at radius 2 is 2.22 bits per heavy atom. The molecule has 2 aromatic heterocycles. The lowest BCUT2D eigenvalue weighted by Gasteiger charge is -2.05.